The van der Waals surface area contributed by atoms with Crippen LogP contribution in [-0.2, 0) is 4.79 Å². The molecular formula is C11H13ClFNO. The maximum Gasteiger partial charge on any atom is 0.237 e. The van der Waals surface area contributed by atoms with E-state index in [2.05, 4.69) is 0 Å². The molecule has 0 aliphatic rings. The van der Waals surface area contributed by atoms with Gasteiger partial charge in [0.25, 0.3) is 0 Å². The molecule has 1 aromatic carbocycles. The highest BCUT2D eigenvalue weighted by Crippen LogP contribution is 2.19. The number of halogens is 2. The maximum atomic E-state index is 12.7. The molecule has 15 heavy (non-hydrogen) atoms. The minimum absolute atomic E-state index is 0.0396. The summed E-state index contributed by atoms with van der Waals surface area (Å²) in [7, 11) is 1.68. The van der Waals surface area contributed by atoms with E-state index in [0.717, 1.165) is 5.56 Å². The molecule has 0 heterocycles. The molecule has 4 heteroatoms. The number of amides is 1. The molecule has 0 aromatic heterocycles. The number of carbonyl (C=O) groups is 1. The van der Waals surface area contributed by atoms with Crippen molar-refractivity contribution in [1.82, 2.24) is 4.90 Å². The predicted molar refractivity (Wildman–Crippen MR) is 58.3 cm³/mol. The van der Waals surface area contributed by atoms with Crippen molar-refractivity contribution in [2.24, 2.45) is 0 Å². The Morgan fingerprint density at radius 3 is 2.47 bits per heavy atom. The molecule has 0 N–H and O–H groups in total. The van der Waals surface area contributed by atoms with Crippen LogP contribution in [-0.4, -0.2) is 23.7 Å². The highest BCUT2D eigenvalue weighted by molar-refractivity contribution is 6.27. The number of carbonyl (C=O) groups excluding carboxylic acids is 1. The molecule has 82 valence electrons. The first-order chi connectivity index (χ1) is 7.06. The van der Waals surface area contributed by atoms with Crippen LogP contribution in [0.3, 0.4) is 0 Å². The van der Waals surface area contributed by atoms with E-state index in [1.165, 1.54) is 12.1 Å². The Hall–Kier alpha value is -1.09. The quantitative estimate of drug-likeness (QED) is 0.730. The lowest BCUT2D eigenvalue weighted by Gasteiger charge is -2.24. The molecule has 0 bridgehead atoms. The Bertz CT molecular complexity index is 339. The summed E-state index contributed by atoms with van der Waals surface area (Å²) in [6, 6.07) is 5.99. The van der Waals surface area contributed by atoms with Crippen LogP contribution in [0.2, 0.25) is 0 Å². The van der Waals surface area contributed by atoms with Crippen LogP contribution in [0, 0.1) is 5.82 Å². The largest absolute Gasteiger partial charge is 0.338 e. The Morgan fingerprint density at radius 2 is 2.00 bits per heavy atom. The summed E-state index contributed by atoms with van der Waals surface area (Å²) in [6.45, 7) is 1.87. The fraction of sp³-hybridized carbons (Fsp3) is 0.364. The van der Waals surface area contributed by atoms with E-state index < -0.39 is 0 Å². The van der Waals surface area contributed by atoms with Gasteiger partial charge in [-0.2, -0.15) is 0 Å². The lowest BCUT2D eigenvalue weighted by Crippen LogP contribution is -2.30. The lowest BCUT2D eigenvalue weighted by molar-refractivity contribution is -0.129. The van der Waals surface area contributed by atoms with Gasteiger partial charge in [-0.3, -0.25) is 4.79 Å². The molecule has 0 saturated carbocycles. The van der Waals surface area contributed by atoms with Crippen molar-refractivity contribution in [2.45, 2.75) is 13.0 Å². The number of hydrogen-bond donors (Lipinski definition) is 0. The van der Waals surface area contributed by atoms with Gasteiger partial charge in [-0.15, -0.1) is 11.6 Å². The standard InChI is InChI=1S/C11H13ClFNO/c1-8(14(2)11(15)7-12)9-3-5-10(13)6-4-9/h3-6,8H,7H2,1-2H3/t8-/m0/s1. The van der Waals surface area contributed by atoms with Gasteiger partial charge < -0.3 is 4.90 Å². The summed E-state index contributed by atoms with van der Waals surface area (Å²) in [5.41, 5.74) is 0.886. The Balaban J connectivity index is 2.80. The molecule has 1 aromatic rings. The van der Waals surface area contributed by atoms with Crippen molar-refractivity contribution in [1.29, 1.82) is 0 Å². The van der Waals surface area contributed by atoms with Gasteiger partial charge in [0.2, 0.25) is 5.91 Å². The molecule has 0 saturated heterocycles. The van der Waals surface area contributed by atoms with E-state index in [0.29, 0.717) is 0 Å². The molecule has 1 atom stereocenters. The molecule has 2 nitrogen and oxygen atoms in total. The van der Waals surface area contributed by atoms with Crippen LogP contribution >= 0.6 is 11.6 Å². The Morgan fingerprint density at radius 1 is 1.47 bits per heavy atom. The second-order valence-electron chi connectivity index (χ2n) is 3.37. The minimum atomic E-state index is -0.280. The third kappa shape index (κ3) is 2.93. The van der Waals surface area contributed by atoms with E-state index in [1.54, 1.807) is 24.1 Å². The van der Waals surface area contributed by atoms with E-state index in [-0.39, 0.29) is 23.6 Å². The average molecular weight is 230 g/mol. The maximum absolute atomic E-state index is 12.7. The second kappa shape index (κ2) is 5.12. The topological polar surface area (TPSA) is 20.3 Å². The van der Waals surface area contributed by atoms with Crippen LogP contribution < -0.4 is 0 Å². The van der Waals surface area contributed by atoms with Gasteiger partial charge >= 0.3 is 0 Å². The van der Waals surface area contributed by atoms with Gasteiger partial charge in [0.05, 0.1) is 6.04 Å². The van der Waals surface area contributed by atoms with Gasteiger partial charge in [0.1, 0.15) is 11.7 Å². The van der Waals surface area contributed by atoms with Gasteiger partial charge in [-0.25, -0.2) is 4.39 Å². The molecular weight excluding hydrogens is 217 g/mol. The number of nitrogens with zero attached hydrogens (tertiary/aromatic N) is 1. The first kappa shape index (κ1) is 12.0. The highest BCUT2D eigenvalue weighted by atomic mass is 35.5. The second-order valence-corrected chi connectivity index (χ2v) is 3.63. The lowest BCUT2D eigenvalue weighted by atomic mass is 10.1. The number of benzene rings is 1. The van der Waals surface area contributed by atoms with Gasteiger partial charge in [0, 0.05) is 7.05 Å². The van der Waals surface area contributed by atoms with E-state index in [9.17, 15) is 9.18 Å². The van der Waals surface area contributed by atoms with Crippen molar-refractivity contribution in [3.8, 4) is 0 Å². The summed E-state index contributed by atoms with van der Waals surface area (Å²) in [5, 5.41) is 0. The van der Waals surface area contributed by atoms with Crippen LogP contribution in [0.15, 0.2) is 24.3 Å². The zero-order valence-electron chi connectivity index (χ0n) is 8.71. The van der Waals surface area contributed by atoms with Gasteiger partial charge in [0.15, 0.2) is 0 Å². The normalized spacial score (nSPS) is 12.3. The van der Waals surface area contributed by atoms with Crippen LogP contribution in [0.5, 0.6) is 0 Å². The first-order valence-electron chi connectivity index (χ1n) is 4.63. The zero-order chi connectivity index (χ0) is 11.4. The predicted octanol–water partition coefficient (Wildman–Crippen LogP) is 2.58. The minimum Gasteiger partial charge on any atom is -0.338 e. The molecule has 0 unspecified atom stereocenters. The fourth-order valence-electron chi connectivity index (χ4n) is 1.28. The van der Waals surface area contributed by atoms with Crippen molar-refractivity contribution < 1.29 is 9.18 Å². The van der Waals surface area contributed by atoms with Crippen LogP contribution in [0.1, 0.15) is 18.5 Å². The third-order valence-corrected chi connectivity index (χ3v) is 2.67. The summed E-state index contributed by atoms with van der Waals surface area (Å²) >= 11 is 5.45. The molecule has 0 aliphatic heterocycles. The van der Waals surface area contributed by atoms with Gasteiger partial charge in [-0.1, -0.05) is 12.1 Å². The molecule has 0 spiro atoms. The highest BCUT2D eigenvalue weighted by Gasteiger charge is 2.15. The van der Waals surface area contributed by atoms with Crippen LogP contribution in [0.25, 0.3) is 0 Å². The number of rotatable bonds is 3. The van der Waals surface area contributed by atoms with E-state index in [4.69, 9.17) is 11.6 Å². The van der Waals surface area contributed by atoms with Crippen molar-refractivity contribution in [2.75, 3.05) is 12.9 Å². The molecule has 0 fully saturated rings. The fourth-order valence-corrected chi connectivity index (χ4v) is 1.46. The summed E-state index contributed by atoms with van der Waals surface area (Å²) in [5.74, 6) is -0.465. The smallest absolute Gasteiger partial charge is 0.237 e. The SMILES string of the molecule is C[C@@H](c1ccc(F)cc1)N(C)C(=O)CCl. The van der Waals surface area contributed by atoms with E-state index >= 15 is 0 Å². The van der Waals surface area contributed by atoms with Crippen molar-refractivity contribution >= 4 is 17.5 Å². The summed E-state index contributed by atoms with van der Waals surface area (Å²) in [6.07, 6.45) is 0. The average Bonchev–Trinajstić information content (AvgIpc) is 2.27. The summed E-state index contributed by atoms with van der Waals surface area (Å²) < 4.78 is 12.7. The Labute approximate surface area is 93.6 Å². The molecule has 0 aliphatic carbocycles. The summed E-state index contributed by atoms with van der Waals surface area (Å²) in [4.78, 5) is 12.9. The van der Waals surface area contributed by atoms with Crippen molar-refractivity contribution in [3.63, 3.8) is 0 Å². The van der Waals surface area contributed by atoms with Gasteiger partial charge in [-0.05, 0) is 24.6 Å². The van der Waals surface area contributed by atoms with Crippen LogP contribution in [0.4, 0.5) is 4.39 Å². The first-order valence-corrected chi connectivity index (χ1v) is 5.16. The molecule has 1 rings (SSSR count). The zero-order valence-corrected chi connectivity index (χ0v) is 9.46. The van der Waals surface area contributed by atoms with Crippen molar-refractivity contribution in [3.05, 3.63) is 35.6 Å². The monoisotopic (exact) mass is 229 g/mol. The number of hydrogen-bond acceptors (Lipinski definition) is 1. The molecule has 0 radical (unpaired) electrons. The third-order valence-electron chi connectivity index (χ3n) is 2.44. The van der Waals surface area contributed by atoms with E-state index in [1.807, 2.05) is 6.92 Å². The molecule has 1 amide bonds. The Kier molecular flexibility index (Phi) is 4.09. The number of alkyl halides is 1.